The van der Waals surface area contributed by atoms with Gasteiger partial charge in [0.2, 0.25) is 10.0 Å². The molecule has 0 aromatic heterocycles. The zero-order valence-electron chi connectivity index (χ0n) is 6.90. The first-order valence-corrected chi connectivity index (χ1v) is 5.08. The van der Waals surface area contributed by atoms with Crippen LogP contribution in [0.25, 0.3) is 0 Å². The number of nitriles is 1. The van der Waals surface area contributed by atoms with Crippen molar-refractivity contribution < 1.29 is 8.42 Å². The number of hydrogen-bond acceptors (Lipinski definition) is 3. The van der Waals surface area contributed by atoms with Crippen molar-refractivity contribution in [1.29, 1.82) is 5.26 Å². The van der Waals surface area contributed by atoms with Gasteiger partial charge in [-0.3, -0.25) is 0 Å². The van der Waals surface area contributed by atoms with E-state index < -0.39 is 10.0 Å². The van der Waals surface area contributed by atoms with Crippen molar-refractivity contribution in [3.05, 3.63) is 0 Å². The fourth-order valence-corrected chi connectivity index (χ4v) is 1.81. The van der Waals surface area contributed by atoms with E-state index in [1.807, 2.05) is 0 Å². The van der Waals surface area contributed by atoms with Gasteiger partial charge in [-0.15, -0.1) is 0 Å². The van der Waals surface area contributed by atoms with Gasteiger partial charge in [-0.05, 0) is 13.8 Å². The van der Waals surface area contributed by atoms with Crippen molar-refractivity contribution in [1.82, 2.24) is 4.31 Å². The lowest BCUT2D eigenvalue weighted by Gasteiger charge is -2.20. The quantitative estimate of drug-likeness (QED) is 0.576. The van der Waals surface area contributed by atoms with Crippen molar-refractivity contribution in [2.75, 3.05) is 12.8 Å². The van der Waals surface area contributed by atoms with Crippen LogP contribution in [0.5, 0.6) is 0 Å². The van der Waals surface area contributed by atoms with E-state index >= 15 is 0 Å². The first kappa shape index (κ1) is 10.4. The molecule has 0 heterocycles. The van der Waals surface area contributed by atoms with E-state index in [0.29, 0.717) is 0 Å². The Morgan fingerprint density at radius 1 is 1.55 bits per heavy atom. The topological polar surface area (TPSA) is 61.2 Å². The van der Waals surface area contributed by atoms with Crippen LogP contribution in [0.3, 0.4) is 0 Å². The SMILES string of the molecule is CC(C)N(CC#N)S(C)(=O)=O. The van der Waals surface area contributed by atoms with E-state index in [4.69, 9.17) is 5.26 Å². The molecule has 0 bridgehead atoms. The Bertz CT molecular complexity index is 250. The van der Waals surface area contributed by atoms with Gasteiger partial charge < -0.3 is 0 Å². The molecule has 4 nitrogen and oxygen atoms in total. The molecule has 0 aromatic carbocycles. The van der Waals surface area contributed by atoms with Crippen molar-refractivity contribution in [3.8, 4) is 6.07 Å². The molecule has 0 spiro atoms. The maximum atomic E-state index is 10.9. The average molecular weight is 176 g/mol. The molecule has 5 heteroatoms. The highest BCUT2D eigenvalue weighted by atomic mass is 32.2. The highest BCUT2D eigenvalue weighted by Crippen LogP contribution is 2.02. The van der Waals surface area contributed by atoms with Crippen LogP contribution in [0.15, 0.2) is 0 Å². The largest absolute Gasteiger partial charge is 0.212 e. The summed E-state index contributed by atoms with van der Waals surface area (Å²) in [6.07, 6.45) is 1.10. The molecule has 0 aromatic rings. The zero-order valence-corrected chi connectivity index (χ0v) is 7.72. The first-order valence-electron chi connectivity index (χ1n) is 3.23. The minimum Gasteiger partial charge on any atom is -0.212 e. The highest BCUT2D eigenvalue weighted by molar-refractivity contribution is 7.88. The molecule has 0 aliphatic heterocycles. The summed E-state index contributed by atoms with van der Waals surface area (Å²) in [5.41, 5.74) is 0. The third-order valence-electron chi connectivity index (χ3n) is 1.23. The minimum absolute atomic E-state index is 0.0729. The van der Waals surface area contributed by atoms with Crippen LogP contribution in [0.4, 0.5) is 0 Å². The van der Waals surface area contributed by atoms with Gasteiger partial charge in [0.1, 0.15) is 6.54 Å². The predicted molar refractivity (Wildman–Crippen MR) is 42.3 cm³/mol. The maximum Gasteiger partial charge on any atom is 0.212 e. The van der Waals surface area contributed by atoms with Crippen molar-refractivity contribution in [3.63, 3.8) is 0 Å². The molecule has 0 rings (SSSR count). The van der Waals surface area contributed by atoms with Crippen LogP contribution in [-0.4, -0.2) is 31.6 Å². The molecule has 0 fully saturated rings. The summed E-state index contributed by atoms with van der Waals surface area (Å²) < 4.78 is 23.0. The third-order valence-corrected chi connectivity index (χ3v) is 2.63. The standard InChI is InChI=1S/C6H12N2O2S/c1-6(2)8(5-4-7)11(3,9)10/h6H,5H2,1-3H3. The number of rotatable bonds is 3. The van der Waals surface area contributed by atoms with Crippen molar-refractivity contribution in [2.45, 2.75) is 19.9 Å². The Balaban J connectivity index is 4.52. The molecular weight excluding hydrogens is 164 g/mol. The van der Waals surface area contributed by atoms with E-state index in [9.17, 15) is 8.42 Å². The van der Waals surface area contributed by atoms with E-state index in [1.54, 1.807) is 19.9 Å². The van der Waals surface area contributed by atoms with Gasteiger partial charge in [0.25, 0.3) is 0 Å². The molecule has 0 aliphatic rings. The summed E-state index contributed by atoms with van der Waals surface area (Å²) in [5, 5.41) is 8.29. The Labute approximate surface area is 67.5 Å². The van der Waals surface area contributed by atoms with Crippen molar-refractivity contribution >= 4 is 10.0 Å². The number of sulfonamides is 1. The van der Waals surface area contributed by atoms with Gasteiger partial charge in [0.15, 0.2) is 0 Å². The summed E-state index contributed by atoms with van der Waals surface area (Å²) in [6.45, 7) is 3.40. The van der Waals surface area contributed by atoms with Gasteiger partial charge in [0, 0.05) is 6.04 Å². The van der Waals surface area contributed by atoms with E-state index in [0.717, 1.165) is 10.6 Å². The third kappa shape index (κ3) is 3.35. The molecule has 0 amide bonds. The monoisotopic (exact) mass is 176 g/mol. The Hall–Kier alpha value is -0.600. The number of hydrogen-bond donors (Lipinski definition) is 0. The first-order chi connectivity index (χ1) is 4.89. The second kappa shape index (κ2) is 3.69. The molecule has 0 N–H and O–H groups in total. The zero-order chi connectivity index (χ0) is 9.07. The van der Waals surface area contributed by atoms with Gasteiger partial charge in [-0.25, -0.2) is 8.42 Å². The summed E-state index contributed by atoms with van der Waals surface area (Å²) in [4.78, 5) is 0. The van der Waals surface area contributed by atoms with Crippen LogP contribution in [0, 0.1) is 11.3 Å². The lowest BCUT2D eigenvalue weighted by atomic mass is 10.4. The Kier molecular flexibility index (Phi) is 3.49. The lowest BCUT2D eigenvalue weighted by molar-refractivity contribution is 0.389. The molecular formula is C6H12N2O2S. The Morgan fingerprint density at radius 3 is 2.09 bits per heavy atom. The molecule has 0 aliphatic carbocycles. The fraction of sp³-hybridized carbons (Fsp3) is 0.833. The molecule has 11 heavy (non-hydrogen) atoms. The number of nitrogens with zero attached hydrogens (tertiary/aromatic N) is 2. The van der Waals surface area contributed by atoms with E-state index in [2.05, 4.69) is 0 Å². The van der Waals surface area contributed by atoms with E-state index in [-0.39, 0.29) is 12.6 Å². The van der Waals surface area contributed by atoms with Gasteiger partial charge in [0.05, 0.1) is 12.3 Å². The van der Waals surface area contributed by atoms with Crippen molar-refractivity contribution in [2.24, 2.45) is 0 Å². The van der Waals surface area contributed by atoms with Crippen LogP contribution in [-0.2, 0) is 10.0 Å². The summed E-state index contributed by atoms with van der Waals surface area (Å²) in [6, 6.07) is 1.65. The second-order valence-electron chi connectivity index (χ2n) is 2.56. The summed E-state index contributed by atoms with van der Waals surface area (Å²) in [5.74, 6) is 0. The molecule has 64 valence electrons. The lowest BCUT2D eigenvalue weighted by Crippen LogP contribution is -2.36. The maximum absolute atomic E-state index is 10.9. The predicted octanol–water partition coefficient (Wildman–Crippen LogP) is 0.180. The van der Waals surface area contributed by atoms with E-state index in [1.165, 1.54) is 0 Å². The van der Waals surface area contributed by atoms with Gasteiger partial charge >= 0.3 is 0 Å². The van der Waals surface area contributed by atoms with Crippen LogP contribution in [0.2, 0.25) is 0 Å². The minimum atomic E-state index is -3.22. The van der Waals surface area contributed by atoms with Crippen LogP contribution in [0.1, 0.15) is 13.8 Å². The van der Waals surface area contributed by atoms with Gasteiger partial charge in [-0.1, -0.05) is 0 Å². The average Bonchev–Trinajstić information content (AvgIpc) is 1.79. The summed E-state index contributed by atoms with van der Waals surface area (Å²) in [7, 11) is -3.22. The van der Waals surface area contributed by atoms with Gasteiger partial charge in [-0.2, -0.15) is 9.57 Å². The molecule has 0 atom stereocenters. The fourth-order valence-electron chi connectivity index (χ4n) is 0.752. The van der Waals surface area contributed by atoms with Crippen LogP contribution < -0.4 is 0 Å². The highest BCUT2D eigenvalue weighted by Gasteiger charge is 2.18. The van der Waals surface area contributed by atoms with Crippen LogP contribution >= 0.6 is 0 Å². The molecule has 0 unspecified atom stereocenters. The molecule has 0 saturated carbocycles. The summed E-state index contributed by atoms with van der Waals surface area (Å²) >= 11 is 0. The molecule has 0 saturated heterocycles. The molecule has 0 radical (unpaired) electrons. The smallest absolute Gasteiger partial charge is 0.212 e. The Morgan fingerprint density at radius 2 is 2.00 bits per heavy atom. The second-order valence-corrected chi connectivity index (χ2v) is 4.50. The normalized spacial score (nSPS) is 12.0.